The quantitative estimate of drug-likeness (QED) is 0.302. The minimum absolute atomic E-state index is 0.178. The van der Waals surface area contributed by atoms with E-state index < -0.39 is 0 Å². The number of halogens is 2. The van der Waals surface area contributed by atoms with Crippen LogP contribution in [0.1, 0.15) is 24.2 Å². The second-order valence-electron chi connectivity index (χ2n) is 7.46. The Bertz CT molecular complexity index is 1020. The fourth-order valence-electron chi connectivity index (χ4n) is 3.48. The van der Waals surface area contributed by atoms with Gasteiger partial charge in [-0.3, -0.25) is 9.63 Å². The molecule has 3 aromatic rings. The van der Waals surface area contributed by atoms with Crippen molar-refractivity contribution in [3.63, 3.8) is 0 Å². The topological polar surface area (TPSA) is 79.6 Å². The molecule has 0 unspecified atom stereocenters. The number of phenolic OH excluding ortho intramolecular Hbond substituents is 1. The summed E-state index contributed by atoms with van der Waals surface area (Å²) in [6.45, 7) is 1.69. The number of anilines is 1. The molecule has 0 radical (unpaired) electrons. The van der Waals surface area contributed by atoms with Gasteiger partial charge in [0.15, 0.2) is 0 Å². The van der Waals surface area contributed by atoms with Crippen molar-refractivity contribution in [2.45, 2.75) is 25.9 Å². The van der Waals surface area contributed by atoms with E-state index in [1.165, 1.54) is 0 Å². The lowest BCUT2D eigenvalue weighted by Crippen LogP contribution is -2.27. The SMILES string of the molecule is Cn1c(CCCC(=O)NOCc2ccc(O)cc2)nc2cc(N(CCCl)CCCl)ccc21. The first-order chi connectivity index (χ1) is 15.5. The van der Waals surface area contributed by atoms with Crippen LogP contribution in [0.15, 0.2) is 42.5 Å². The highest BCUT2D eigenvalue weighted by Gasteiger charge is 2.12. The minimum atomic E-state index is -0.178. The van der Waals surface area contributed by atoms with Crippen LogP contribution in [-0.4, -0.2) is 45.4 Å². The number of nitrogens with zero attached hydrogens (tertiary/aromatic N) is 3. The van der Waals surface area contributed by atoms with Crippen LogP contribution in [0.3, 0.4) is 0 Å². The van der Waals surface area contributed by atoms with E-state index in [0.717, 1.165) is 41.2 Å². The van der Waals surface area contributed by atoms with Crippen LogP contribution in [0.25, 0.3) is 11.0 Å². The first kappa shape index (κ1) is 24.2. The lowest BCUT2D eigenvalue weighted by Gasteiger charge is -2.22. The largest absolute Gasteiger partial charge is 0.508 e. The van der Waals surface area contributed by atoms with Crippen molar-refractivity contribution in [3.8, 4) is 5.75 Å². The van der Waals surface area contributed by atoms with Crippen molar-refractivity contribution in [2.75, 3.05) is 29.7 Å². The van der Waals surface area contributed by atoms with Crippen LogP contribution >= 0.6 is 23.2 Å². The summed E-state index contributed by atoms with van der Waals surface area (Å²) in [5.74, 6) is 2.00. The van der Waals surface area contributed by atoms with Crippen LogP contribution in [-0.2, 0) is 29.7 Å². The maximum Gasteiger partial charge on any atom is 0.243 e. The van der Waals surface area contributed by atoms with Gasteiger partial charge in [-0.05, 0) is 42.3 Å². The number of hydroxylamine groups is 1. The number of nitrogens with one attached hydrogen (secondary N) is 1. The molecule has 7 nitrogen and oxygen atoms in total. The van der Waals surface area contributed by atoms with Gasteiger partial charge in [0.25, 0.3) is 0 Å². The fourth-order valence-corrected chi connectivity index (χ4v) is 3.89. The Morgan fingerprint density at radius 1 is 1.16 bits per heavy atom. The summed E-state index contributed by atoms with van der Waals surface area (Å²) < 4.78 is 2.06. The Kier molecular flexibility index (Phi) is 9.02. The number of aromatic nitrogens is 2. The second kappa shape index (κ2) is 11.9. The maximum absolute atomic E-state index is 12.0. The van der Waals surface area contributed by atoms with E-state index in [0.29, 0.717) is 31.0 Å². The van der Waals surface area contributed by atoms with E-state index in [1.54, 1.807) is 24.3 Å². The van der Waals surface area contributed by atoms with Crippen molar-refractivity contribution in [1.82, 2.24) is 15.0 Å². The third-order valence-corrected chi connectivity index (χ3v) is 5.53. The van der Waals surface area contributed by atoms with Gasteiger partial charge < -0.3 is 14.6 Å². The number of aromatic hydroxyl groups is 1. The molecule has 3 rings (SSSR count). The molecule has 1 aromatic heterocycles. The number of amides is 1. The van der Waals surface area contributed by atoms with E-state index in [1.807, 2.05) is 7.05 Å². The molecule has 0 fully saturated rings. The number of benzene rings is 2. The zero-order valence-electron chi connectivity index (χ0n) is 18.1. The van der Waals surface area contributed by atoms with Gasteiger partial charge in [-0.2, -0.15) is 0 Å². The number of carbonyl (C=O) groups is 1. The molecule has 2 aromatic carbocycles. The predicted octanol–water partition coefficient (Wildman–Crippen LogP) is 4.13. The standard InChI is InChI=1S/C23H28Cl2N4O3/c1-28-21-10-7-18(29(13-11-24)14-12-25)15-20(21)26-22(28)3-2-4-23(31)27-32-16-17-5-8-19(30)9-6-17/h5-10,15,30H,2-4,11-14,16H2,1H3,(H,27,31). The highest BCUT2D eigenvalue weighted by molar-refractivity contribution is 6.18. The highest BCUT2D eigenvalue weighted by Crippen LogP contribution is 2.23. The Hall–Kier alpha value is -2.48. The molecule has 1 heterocycles. The third kappa shape index (κ3) is 6.51. The molecule has 0 spiro atoms. The molecule has 32 heavy (non-hydrogen) atoms. The maximum atomic E-state index is 12.0. The molecule has 172 valence electrons. The molecule has 2 N–H and O–H groups in total. The normalized spacial score (nSPS) is 11.1. The van der Waals surface area contributed by atoms with Crippen molar-refractivity contribution < 1.29 is 14.7 Å². The highest BCUT2D eigenvalue weighted by atomic mass is 35.5. The summed E-state index contributed by atoms with van der Waals surface area (Å²) in [5.41, 5.74) is 6.33. The van der Waals surface area contributed by atoms with Crippen LogP contribution in [0, 0.1) is 0 Å². The molecule has 0 aliphatic heterocycles. The van der Waals surface area contributed by atoms with E-state index in [-0.39, 0.29) is 18.3 Å². The Balaban J connectivity index is 1.51. The van der Waals surface area contributed by atoms with Crippen LogP contribution in [0.2, 0.25) is 0 Å². The number of fused-ring (bicyclic) bond motifs is 1. The lowest BCUT2D eigenvalue weighted by atomic mass is 10.2. The first-order valence-electron chi connectivity index (χ1n) is 10.5. The van der Waals surface area contributed by atoms with Gasteiger partial charge in [0.05, 0.1) is 17.6 Å². The number of hydrogen-bond acceptors (Lipinski definition) is 5. The molecule has 9 heteroatoms. The summed E-state index contributed by atoms with van der Waals surface area (Å²) in [6.07, 6.45) is 1.67. The zero-order chi connectivity index (χ0) is 22.9. The lowest BCUT2D eigenvalue weighted by molar-refractivity contribution is -0.134. The number of alkyl halides is 2. The monoisotopic (exact) mass is 478 g/mol. The fraction of sp³-hybridized carbons (Fsp3) is 0.391. The van der Waals surface area contributed by atoms with Crippen molar-refractivity contribution in [2.24, 2.45) is 7.05 Å². The molecule has 1 amide bonds. The minimum Gasteiger partial charge on any atom is -0.508 e. The van der Waals surface area contributed by atoms with Gasteiger partial charge in [0, 0.05) is 50.4 Å². The zero-order valence-corrected chi connectivity index (χ0v) is 19.6. The summed E-state index contributed by atoms with van der Waals surface area (Å²) >= 11 is 11.9. The van der Waals surface area contributed by atoms with Gasteiger partial charge in [-0.1, -0.05) is 12.1 Å². The summed E-state index contributed by atoms with van der Waals surface area (Å²) in [6, 6.07) is 12.8. The first-order valence-corrected chi connectivity index (χ1v) is 11.6. The molecule has 0 atom stereocenters. The van der Waals surface area contributed by atoms with Gasteiger partial charge in [-0.15, -0.1) is 23.2 Å². The average molecular weight is 479 g/mol. The Morgan fingerprint density at radius 3 is 2.56 bits per heavy atom. The molecule has 0 aliphatic carbocycles. The number of rotatable bonds is 12. The summed E-state index contributed by atoms with van der Waals surface area (Å²) in [5, 5.41) is 9.28. The number of aryl methyl sites for hydroxylation is 2. The number of hydrogen-bond donors (Lipinski definition) is 2. The predicted molar refractivity (Wildman–Crippen MR) is 128 cm³/mol. The second-order valence-corrected chi connectivity index (χ2v) is 8.21. The third-order valence-electron chi connectivity index (χ3n) is 5.20. The molecule has 0 aliphatic rings. The van der Waals surface area contributed by atoms with E-state index >= 15 is 0 Å². The van der Waals surface area contributed by atoms with Crippen LogP contribution < -0.4 is 10.4 Å². The molecule has 0 bridgehead atoms. The Morgan fingerprint density at radius 2 is 1.88 bits per heavy atom. The number of imidazole rings is 1. The van der Waals surface area contributed by atoms with Gasteiger partial charge in [0.1, 0.15) is 11.6 Å². The van der Waals surface area contributed by atoms with Gasteiger partial charge >= 0.3 is 0 Å². The van der Waals surface area contributed by atoms with Crippen molar-refractivity contribution in [1.29, 1.82) is 0 Å². The van der Waals surface area contributed by atoms with Crippen molar-refractivity contribution in [3.05, 3.63) is 53.9 Å². The smallest absolute Gasteiger partial charge is 0.243 e. The Labute approximate surface area is 197 Å². The van der Waals surface area contributed by atoms with Gasteiger partial charge in [-0.25, -0.2) is 10.5 Å². The number of phenols is 1. The van der Waals surface area contributed by atoms with E-state index in [2.05, 4.69) is 33.1 Å². The van der Waals surface area contributed by atoms with Crippen LogP contribution in [0.4, 0.5) is 5.69 Å². The molecular formula is C23H28Cl2N4O3. The van der Waals surface area contributed by atoms with Crippen LogP contribution in [0.5, 0.6) is 5.75 Å². The number of carbonyl (C=O) groups excluding carboxylic acids is 1. The van der Waals surface area contributed by atoms with Crippen molar-refractivity contribution >= 4 is 45.8 Å². The molecule has 0 saturated carbocycles. The van der Waals surface area contributed by atoms with E-state index in [4.69, 9.17) is 33.0 Å². The van der Waals surface area contributed by atoms with Gasteiger partial charge in [0.2, 0.25) is 5.91 Å². The summed E-state index contributed by atoms with van der Waals surface area (Å²) in [4.78, 5) is 24.2. The average Bonchev–Trinajstić information content (AvgIpc) is 3.10. The molecule has 0 saturated heterocycles. The molecular weight excluding hydrogens is 451 g/mol. The summed E-state index contributed by atoms with van der Waals surface area (Å²) in [7, 11) is 1.99. The van der Waals surface area contributed by atoms with E-state index in [9.17, 15) is 9.90 Å².